The minimum Gasteiger partial charge on any atom is -0.379 e. The molecule has 1 N–H and O–H groups in total. The molecule has 1 rings (SSSR count). The number of aliphatic hydroxyl groups is 1. The van der Waals surface area contributed by atoms with E-state index in [-0.39, 0.29) is 12.2 Å². The van der Waals surface area contributed by atoms with Gasteiger partial charge in [-0.1, -0.05) is 39.5 Å². The van der Waals surface area contributed by atoms with Crippen LogP contribution in [0.5, 0.6) is 0 Å². The summed E-state index contributed by atoms with van der Waals surface area (Å²) in [5.41, 5.74) is 0. The summed E-state index contributed by atoms with van der Waals surface area (Å²) in [4.78, 5) is 0. The average Bonchev–Trinajstić information content (AvgIpc) is 2.81. The molecule has 3 atom stereocenters. The van der Waals surface area contributed by atoms with Crippen LogP contribution in [0.4, 0.5) is 0 Å². The summed E-state index contributed by atoms with van der Waals surface area (Å²) in [7, 11) is 1.44. The van der Waals surface area contributed by atoms with Gasteiger partial charge >= 0.3 is 0 Å². The summed E-state index contributed by atoms with van der Waals surface area (Å²) in [6.07, 6.45) is 6.65. The molecule has 0 radical (unpaired) electrons. The molecule has 126 valence electrons. The number of unbranched alkanes of at least 4 members (excludes halogenated alkanes) is 4. The Morgan fingerprint density at radius 3 is 2.38 bits per heavy atom. The van der Waals surface area contributed by atoms with Crippen LogP contribution in [0.25, 0.3) is 0 Å². The normalized spacial score (nSPS) is 29.1. The van der Waals surface area contributed by atoms with E-state index in [1.165, 1.54) is 20.0 Å². The number of ether oxygens (including phenoxy) is 4. The van der Waals surface area contributed by atoms with Crippen molar-refractivity contribution < 1.29 is 24.1 Å². The number of hydrogen-bond acceptors (Lipinski definition) is 5. The summed E-state index contributed by atoms with van der Waals surface area (Å²) < 4.78 is 22.1. The SMILES string of the molecule is CCCCCOC[C@H]1O[C@@](O)(OC)C[C@@H]1OCCCCC. The van der Waals surface area contributed by atoms with Crippen molar-refractivity contribution in [3.63, 3.8) is 0 Å². The highest BCUT2D eigenvalue weighted by molar-refractivity contribution is 4.83. The zero-order valence-electron chi connectivity index (χ0n) is 13.8. The Kier molecular flexibility index (Phi) is 9.44. The molecule has 1 aliphatic heterocycles. The fourth-order valence-electron chi connectivity index (χ4n) is 2.43. The molecule has 1 heterocycles. The molecule has 1 fully saturated rings. The van der Waals surface area contributed by atoms with Gasteiger partial charge in [-0.2, -0.15) is 0 Å². The van der Waals surface area contributed by atoms with Gasteiger partial charge in [0.15, 0.2) is 0 Å². The molecule has 0 unspecified atom stereocenters. The van der Waals surface area contributed by atoms with E-state index in [0.717, 1.165) is 32.3 Å². The van der Waals surface area contributed by atoms with E-state index in [2.05, 4.69) is 13.8 Å². The molecule has 0 saturated carbocycles. The van der Waals surface area contributed by atoms with E-state index in [1.54, 1.807) is 0 Å². The highest BCUT2D eigenvalue weighted by atomic mass is 16.8. The van der Waals surface area contributed by atoms with Crippen molar-refractivity contribution in [1.82, 2.24) is 0 Å². The van der Waals surface area contributed by atoms with Gasteiger partial charge in [-0.15, -0.1) is 0 Å². The predicted molar refractivity (Wildman–Crippen MR) is 81.1 cm³/mol. The zero-order valence-corrected chi connectivity index (χ0v) is 13.8. The molecular formula is C16H32O5. The Morgan fingerprint density at radius 1 is 1.10 bits per heavy atom. The van der Waals surface area contributed by atoms with Crippen molar-refractivity contribution in [3.05, 3.63) is 0 Å². The first-order valence-electron chi connectivity index (χ1n) is 8.30. The van der Waals surface area contributed by atoms with Gasteiger partial charge in [0.1, 0.15) is 6.10 Å². The van der Waals surface area contributed by atoms with E-state index < -0.39 is 5.97 Å². The van der Waals surface area contributed by atoms with Gasteiger partial charge in [0.05, 0.1) is 19.1 Å². The first kappa shape index (κ1) is 18.8. The van der Waals surface area contributed by atoms with Crippen LogP contribution in [0.2, 0.25) is 0 Å². The Hall–Kier alpha value is -0.200. The van der Waals surface area contributed by atoms with E-state index in [0.29, 0.717) is 19.6 Å². The maximum Gasteiger partial charge on any atom is 0.283 e. The van der Waals surface area contributed by atoms with Crippen LogP contribution in [-0.4, -0.2) is 50.2 Å². The fraction of sp³-hybridized carbons (Fsp3) is 1.00. The minimum absolute atomic E-state index is 0.169. The van der Waals surface area contributed by atoms with Crippen molar-refractivity contribution in [1.29, 1.82) is 0 Å². The lowest BCUT2D eigenvalue weighted by molar-refractivity contribution is -0.341. The number of methoxy groups -OCH3 is 1. The highest BCUT2D eigenvalue weighted by Gasteiger charge is 2.46. The van der Waals surface area contributed by atoms with Gasteiger partial charge in [-0.05, 0) is 12.8 Å². The van der Waals surface area contributed by atoms with Gasteiger partial charge in [0.25, 0.3) is 5.97 Å². The Bertz CT molecular complexity index is 261. The van der Waals surface area contributed by atoms with Crippen LogP contribution in [-0.2, 0) is 18.9 Å². The number of hydrogen-bond donors (Lipinski definition) is 1. The molecule has 0 aromatic carbocycles. The highest BCUT2D eigenvalue weighted by Crippen LogP contribution is 2.31. The maximum absolute atomic E-state index is 10.1. The van der Waals surface area contributed by atoms with Crippen molar-refractivity contribution in [2.24, 2.45) is 0 Å². The Labute approximate surface area is 128 Å². The summed E-state index contributed by atoms with van der Waals surface area (Å²) in [6.45, 7) is 6.18. The lowest BCUT2D eigenvalue weighted by Crippen LogP contribution is -2.32. The molecule has 0 aromatic rings. The van der Waals surface area contributed by atoms with Crippen LogP contribution in [0, 0.1) is 0 Å². The van der Waals surface area contributed by atoms with Gasteiger partial charge in [-0.3, -0.25) is 0 Å². The molecule has 5 heteroatoms. The van der Waals surface area contributed by atoms with Crippen molar-refractivity contribution >= 4 is 0 Å². The second-order valence-corrected chi connectivity index (χ2v) is 5.68. The van der Waals surface area contributed by atoms with Crippen LogP contribution in [0.1, 0.15) is 58.8 Å². The van der Waals surface area contributed by atoms with Crippen LogP contribution in [0.3, 0.4) is 0 Å². The topological polar surface area (TPSA) is 57.2 Å². The predicted octanol–water partition coefficient (Wildman–Crippen LogP) is 2.85. The molecule has 0 spiro atoms. The summed E-state index contributed by atoms with van der Waals surface area (Å²) in [6, 6.07) is 0. The summed E-state index contributed by atoms with van der Waals surface area (Å²) in [5, 5.41) is 10.1. The molecule has 0 bridgehead atoms. The molecule has 1 aliphatic rings. The van der Waals surface area contributed by atoms with Crippen molar-refractivity contribution in [3.8, 4) is 0 Å². The molecule has 0 amide bonds. The van der Waals surface area contributed by atoms with Gasteiger partial charge in [0, 0.05) is 20.3 Å². The molecule has 5 nitrogen and oxygen atoms in total. The quantitative estimate of drug-likeness (QED) is 0.444. The third-order valence-electron chi connectivity index (χ3n) is 3.78. The first-order chi connectivity index (χ1) is 10.1. The Balaban J connectivity index is 2.33. The molecule has 0 aromatic heterocycles. The first-order valence-corrected chi connectivity index (χ1v) is 8.30. The van der Waals surface area contributed by atoms with Gasteiger partial charge < -0.3 is 24.1 Å². The largest absolute Gasteiger partial charge is 0.379 e. The van der Waals surface area contributed by atoms with Gasteiger partial charge in [-0.25, -0.2) is 0 Å². The third-order valence-corrected chi connectivity index (χ3v) is 3.78. The standard InChI is InChI=1S/C16H32O5/c1-4-6-8-10-19-13-15-14(20-11-9-7-5-2)12-16(17,18-3)21-15/h14-15,17H,4-13H2,1-3H3/t14-,15+,16-/m0/s1. The van der Waals surface area contributed by atoms with E-state index in [1.807, 2.05) is 0 Å². The number of rotatable bonds is 12. The van der Waals surface area contributed by atoms with Gasteiger partial charge in [0.2, 0.25) is 0 Å². The summed E-state index contributed by atoms with van der Waals surface area (Å²) in [5.74, 6) is -1.53. The van der Waals surface area contributed by atoms with Crippen molar-refractivity contribution in [2.75, 3.05) is 26.9 Å². The second kappa shape index (κ2) is 10.5. The lowest BCUT2D eigenvalue weighted by atomic mass is 10.1. The molecular weight excluding hydrogens is 272 g/mol. The molecule has 21 heavy (non-hydrogen) atoms. The molecule has 1 saturated heterocycles. The lowest BCUT2D eigenvalue weighted by Gasteiger charge is -2.20. The Morgan fingerprint density at radius 2 is 1.76 bits per heavy atom. The zero-order chi connectivity index (χ0) is 15.6. The molecule has 0 aliphatic carbocycles. The van der Waals surface area contributed by atoms with E-state index >= 15 is 0 Å². The van der Waals surface area contributed by atoms with Crippen LogP contribution in [0.15, 0.2) is 0 Å². The maximum atomic E-state index is 10.1. The third kappa shape index (κ3) is 7.06. The summed E-state index contributed by atoms with van der Waals surface area (Å²) >= 11 is 0. The van der Waals surface area contributed by atoms with Crippen molar-refractivity contribution in [2.45, 2.75) is 77.0 Å². The second-order valence-electron chi connectivity index (χ2n) is 5.68. The monoisotopic (exact) mass is 304 g/mol. The fourth-order valence-corrected chi connectivity index (χ4v) is 2.43. The van der Waals surface area contributed by atoms with Crippen LogP contribution < -0.4 is 0 Å². The van der Waals surface area contributed by atoms with Crippen LogP contribution >= 0.6 is 0 Å². The smallest absolute Gasteiger partial charge is 0.283 e. The van der Waals surface area contributed by atoms with E-state index in [4.69, 9.17) is 18.9 Å². The van der Waals surface area contributed by atoms with E-state index in [9.17, 15) is 5.11 Å². The minimum atomic E-state index is -1.53. The average molecular weight is 304 g/mol.